The average Bonchev–Trinajstić information content (AvgIpc) is 3.56. The second kappa shape index (κ2) is 15.4. The highest BCUT2D eigenvalue weighted by Crippen LogP contribution is 2.32. The standard InChI is InChI=1S/C37H39Cl2N3O4S/c1-26-18-20-32(21-19-26)47(45,46)42(34-17-9-16-33(39)27(34)2)25-36(43)41(24-29-12-8-13-30(38)22-29)35(23-28-10-4-3-5-11-28)37(44)40-31-14-6-7-15-31/h3-5,8-13,16-22,31,35H,6-7,14-15,23-25H2,1-2H3,(H,40,44)/t35-/m0/s1. The predicted octanol–water partition coefficient (Wildman–Crippen LogP) is 7.50. The third-order valence-corrected chi connectivity index (χ3v) is 11.0. The van der Waals surface area contributed by atoms with E-state index in [4.69, 9.17) is 23.2 Å². The zero-order valence-electron chi connectivity index (χ0n) is 26.5. The van der Waals surface area contributed by atoms with E-state index in [9.17, 15) is 18.0 Å². The summed E-state index contributed by atoms with van der Waals surface area (Å²) < 4.78 is 29.7. The molecule has 0 unspecified atom stereocenters. The van der Waals surface area contributed by atoms with Gasteiger partial charge in [0, 0.05) is 29.1 Å². The molecule has 0 heterocycles. The van der Waals surface area contributed by atoms with Crippen molar-refractivity contribution >= 4 is 50.7 Å². The first kappa shape index (κ1) is 34.5. The summed E-state index contributed by atoms with van der Waals surface area (Å²) in [6.07, 6.45) is 4.06. The van der Waals surface area contributed by atoms with Crippen molar-refractivity contribution in [3.8, 4) is 0 Å². The average molecular weight is 693 g/mol. The van der Waals surface area contributed by atoms with E-state index >= 15 is 0 Å². The Morgan fingerprint density at radius 3 is 2.19 bits per heavy atom. The minimum atomic E-state index is -4.24. The fourth-order valence-electron chi connectivity index (χ4n) is 5.97. The lowest BCUT2D eigenvalue weighted by Gasteiger charge is -2.34. The molecule has 0 saturated heterocycles. The zero-order valence-corrected chi connectivity index (χ0v) is 28.9. The van der Waals surface area contributed by atoms with Crippen LogP contribution in [0.1, 0.15) is 47.9 Å². The summed E-state index contributed by atoms with van der Waals surface area (Å²) in [5, 5.41) is 4.04. The number of nitrogens with zero attached hydrogens (tertiary/aromatic N) is 2. The Bertz CT molecular complexity index is 1810. The van der Waals surface area contributed by atoms with Gasteiger partial charge in [-0.25, -0.2) is 8.42 Å². The molecule has 10 heteroatoms. The lowest BCUT2D eigenvalue weighted by atomic mass is 10.0. The molecule has 1 N–H and O–H groups in total. The van der Waals surface area contributed by atoms with Crippen LogP contribution in [0.3, 0.4) is 0 Å². The summed E-state index contributed by atoms with van der Waals surface area (Å²) in [5.41, 5.74) is 3.28. The van der Waals surface area contributed by atoms with Gasteiger partial charge in [-0.15, -0.1) is 0 Å². The van der Waals surface area contributed by atoms with Crippen LogP contribution in [0, 0.1) is 13.8 Å². The van der Waals surface area contributed by atoms with E-state index in [-0.39, 0.29) is 35.5 Å². The van der Waals surface area contributed by atoms with Crippen LogP contribution in [-0.4, -0.2) is 43.8 Å². The zero-order chi connectivity index (χ0) is 33.6. The van der Waals surface area contributed by atoms with Crippen molar-refractivity contribution < 1.29 is 18.0 Å². The predicted molar refractivity (Wildman–Crippen MR) is 188 cm³/mol. The number of carbonyl (C=O) groups excluding carboxylic acids is 2. The van der Waals surface area contributed by atoms with Gasteiger partial charge in [0.2, 0.25) is 11.8 Å². The van der Waals surface area contributed by atoms with Crippen molar-refractivity contribution in [2.24, 2.45) is 0 Å². The van der Waals surface area contributed by atoms with Crippen LogP contribution in [0.25, 0.3) is 0 Å². The van der Waals surface area contributed by atoms with Crippen molar-refractivity contribution in [3.63, 3.8) is 0 Å². The molecule has 4 aromatic carbocycles. The van der Waals surface area contributed by atoms with E-state index in [1.165, 1.54) is 17.0 Å². The quantitative estimate of drug-likeness (QED) is 0.167. The highest BCUT2D eigenvalue weighted by atomic mass is 35.5. The lowest BCUT2D eigenvalue weighted by molar-refractivity contribution is -0.140. The van der Waals surface area contributed by atoms with E-state index in [0.717, 1.165) is 41.1 Å². The largest absolute Gasteiger partial charge is 0.352 e. The Morgan fingerprint density at radius 1 is 0.851 bits per heavy atom. The van der Waals surface area contributed by atoms with E-state index in [0.29, 0.717) is 21.2 Å². The fraction of sp³-hybridized carbons (Fsp3) is 0.297. The topological polar surface area (TPSA) is 86.8 Å². The number of nitrogens with one attached hydrogen (secondary N) is 1. The van der Waals surface area contributed by atoms with Gasteiger partial charge in [0.25, 0.3) is 10.0 Å². The second-order valence-corrected chi connectivity index (χ2v) is 14.8. The van der Waals surface area contributed by atoms with Crippen LogP contribution in [0.15, 0.2) is 102 Å². The van der Waals surface area contributed by atoms with Crippen LogP contribution >= 0.6 is 23.2 Å². The number of rotatable bonds is 12. The van der Waals surface area contributed by atoms with Gasteiger partial charge in [-0.2, -0.15) is 0 Å². The van der Waals surface area contributed by atoms with Crippen molar-refractivity contribution in [3.05, 3.63) is 129 Å². The normalized spacial score (nSPS) is 14.0. The molecule has 1 aliphatic rings. The summed E-state index contributed by atoms with van der Waals surface area (Å²) in [4.78, 5) is 30.3. The van der Waals surface area contributed by atoms with Gasteiger partial charge in [-0.3, -0.25) is 13.9 Å². The van der Waals surface area contributed by atoms with E-state index in [1.54, 1.807) is 55.5 Å². The van der Waals surface area contributed by atoms with Gasteiger partial charge < -0.3 is 10.2 Å². The molecular weight excluding hydrogens is 653 g/mol. The third kappa shape index (κ3) is 8.55. The summed E-state index contributed by atoms with van der Waals surface area (Å²) in [6.45, 7) is 3.08. The van der Waals surface area contributed by atoms with Gasteiger partial charge in [0.05, 0.1) is 10.6 Å². The van der Waals surface area contributed by atoms with Crippen molar-refractivity contribution in [2.75, 3.05) is 10.8 Å². The number of amides is 2. The van der Waals surface area contributed by atoms with E-state index in [2.05, 4.69) is 5.32 Å². The molecule has 7 nitrogen and oxygen atoms in total. The summed E-state index contributed by atoms with van der Waals surface area (Å²) >= 11 is 12.8. The van der Waals surface area contributed by atoms with Crippen LogP contribution < -0.4 is 9.62 Å². The summed E-state index contributed by atoms with van der Waals surface area (Å²) in [6, 6.07) is 27.2. The molecule has 0 aromatic heterocycles. The summed E-state index contributed by atoms with van der Waals surface area (Å²) in [7, 11) is -4.24. The first-order chi connectivity index (χ1) is 22.5. The number of halogens is 2. The molecule has 1 aliphatic carbocycles. The number of carbonyl (C=O) groups is 2. The molecule has 0 radical (unpaired) electrons. The smallest absolute Gasteiger partial charge is 0.264 e. The SMILES string of the molecule is Cc1ccc(S(=O)(=O)N(CC(=O)N(Cc2cccc(Cl)c2)[C@@H](Cc2ccccc2)C(=O)NC2CCCC2)c2cccc(Cl)c2C)cc1. The molecule has 1 saturated carbocycles. The Labute approximate surface area is 287 Å². The van der Waals surface area contributed by atoms with Gasteiger partial charge in [0.1, 0.15) is 12.6 Å². The Balaban J connectivity index is 1.59. The minimum absolute atomic E-state index is 0.0245. The number of hydrogen-bond acceptors (Lipinski definition) is 4. The Hall–Kier alpha value is -3.85. The molecule has 2 amide bonds. The number of anilines is 1. The molecular formula is C37H39Cl2N3O4S. The molecule has 1 atom stereocenters. The highest BCUT2D eigenvalue weighted by molar-refractivity contribution is 7.92. The molecule has 47 heavy (non-hydrogen) atoms. The number of aryl methyl sites for hydroxylation is 1. The molecule has 246 valence electrons. The number of benzene rings is 4. The van der Waals surface area contributed by atoms with Crippen LogP contribution in [0.2, 0.25) is 10.0 Å². The highest BCUT2D eigenvalue weighted by Gasteiger charge is 2.36. The fourth-order valence-corrected chi connectivity index (χ4v) is 7.82. The van der Waals surface area contributed by atoms with Crippen molar-refractivity contribution in [1.29, 1.82) is 0 Å². The molecule has 4 aromatic rings. The van der Waals surface area contributed by atoms with Crippen LogP contribution in [0.5, 0.6) is 0 Å². The van der Waals surface area contributed by atoms with Gasteiger partial charge in [0.15, 0.2) is 0 Å². The van der Waals surface area contributed by atoms with Crippen LogP contribution in [-0.2, 0) is 32.6 Å². The second-order valence-electron chi connectivity index (χ2n) is 12.1. The first-order valence-electron chi connectivity index (χ1n) is 15.8. The molecule has 1 fully saturated rings. The molecule has 0 spiro atoms. The maximum atomic E-state index is 14.7. The molecule has 0 bridgehead atoms. The van der Waals surface area contributed by atoms with E-state index in [1.807, 2.05) is 43.3 Å². The monoisotopic (exact) mass is 691 g/mol. The van der Waals surface area contributed by atoms with Gasteiger partial charge in [-0.1, -0.05) is 102 Å². The van der Waals surface area contributed by atoms with Gasteiger partial charge >= 0.3 is 0 Å². The van der Waals surface area contributed by atoms with Crippen LogP contribution in [0.4, 0.5) is 5.69 Å². The Morgan fingerprint density at radius 2 is 1.51 bits per heavy atom. The minimum Gasteiger partial charge on any atom is -0.352 e. The lowest BCUT2D eigenvalue weighted by Crippen LogP contribution is -2.54. The molecule has 5 rings (SSSR count). The van der Waals surface area contributed by atoms with E-state index < -0.39 is 28.5 Å². The molecule has 0 aliphatic heterocycles. The van der Waals surface area contributed by atoms with Crippen molar-refractivity contribution in [1.82, 2.24) is 10.2 Å². The number of sulfonamides is 1. The maximum Gasteiger partial charge on any atom is 0.264 e. The summed E-state index contributed by atoms with van der Waals surface area (Å²) in [5.74, 6) is -0.814. The maximum absolute atomic E-state index is 14.7. The Kier molecular flexibility index (Phi) is 11.3. The number of hydrogen-bond donors (Lipinski definition) is 1. The van der Waals surface area contributed by atoms with Crippen molar-refractivity contribution in [2.45, 2.75) is 69.5 Å². The third-order valence-electron chi connectivity index (χ3n) is 8.61. The van der Waals surface area contributed by atoms with Gasteiger partial charge in [-0.05, 0) is 79.8 Å². The first-order valence-corrected chi connectivity index (χ1v) is 18.0.